The molecule has 0 atom stereocenters. The van der Waals surface area contributed by atoms with Gasteiger partial charge in [-0.3, -0.25) is 0 Å². The van der Waals surface area contributed by atoms with Gasteiger partial charge in [0, 0.05) is 11.3 Å². The second-order valence-corrected chi connectivity index (χ2v) is 5.49. The molecule has 0 saturated carbocycles. The van der Waals surface area contributed by atoms with E-state index in [1.54, 1.807) is 12.1 Å². The Morgan fingerprint density at radius 2 is 1.81 bits per heavy atom. The second-order valence-electron chi connectivity index (χ2n) is 4.70. The number of anilines is 1. The molecule has 0 heterocycles. The number of fused-ring (bicyclic) bond motifs is 1. The maximum absolute atomic E-state index is 13.7. The van der Waals surface area contributed by atoms with Gasteiger partial charge < -0.3 is 10.5 Å². The second kappa shape index (κ2) is 5.74. The molecule has 0 aliphatic heterocycles. The summed E-state index contributed by atoms with van der Waals surface area (Å²) < 4.78 is 20.3. The minimum atomic E-state index is -0.355. The van der Waals surface area contributed by atoms with Crippen LogP contribution in [0.2, 0.25) is 0 Å². The summed E-state index contributed by atoms with van der Waals surface area (Å²) in [7, 11) is 0. The third-order valence-corrected chi connectivity index (χ3v) is 4.17. The van der Waals surface area contributed by atoms with E-state index in [1.165, 1.54) is 6.07 Å². The first-order chi connectivity index (χ1) is 10.2. The van der Waals surface area contributed by atoms with Crippen LogP contribution < -0.4 is 10.5 Å². The number of benzene rings is 3. The molecule has 21 heavy (non-hydrogen) atoms. The average Bonchev–Trinajstić information content (AvgIpc) is 2.49. The van der Waals surface area contributed by atoms with Crippen LogP contribution in [-0.4, -0.2) is 0 Å². The Morgan fingerprint density at radius 1 is 1.00 bits per heavy atom. The molecule has 3 aromatic carbocycles. The van der Waals surface area contributed by atoms with Crippen LogP contribution in [0.1, 0.15) is 5.56 Å². The quantitative estimate of drug-likeness (QED) is 0.685. The molecule has 0 fully saturated rings. The molecule has 2 nitrogen and oxygen atoms in total. The van der Waals surface area contributed by atoms with Gasteiger partial charge in [-0.2, -0.15) is 0 Å². The minimum absolute atomic E-state index is 0.0927. The first-order valence-electron chi connectivity index (χ1n) is 6.50. The van der Waals surface area contributed by atoms with Crippen molar-refractivity contribution in [3.63, 3.8) is 0 Å². The highest BCUT2D eigenvalue weighted by molar-refractivity contribution is 9.10. The van der Waals surface area contributed by atoms with Crippen molar-refractivity contribution in [1.82, 2.24) is 0 Å². The van der Waals surface area contributed by atoms with Crippen LogP contribution in [0, 0.1) is 5.82 Å². The van der Waals surface area contributed by atoms with E-state index in [0.29, 0.717) is 17.0 Å². The molecule has 0 aromatic heterocycles. The molecule has 0 unspecified atom stereocenters. The summed E-state index contributed by atoms with van der Waals surface area (Å²) in [5.74, 6) is 0.309. The Hall–Kier alpha value is -2.07. The van der Waals surface area contributed by atoms with E-state index in [1.807, 2.05) is 36.4 Å². The Bertz CT molecular complexity index is 784. The van der Waals surface area contributed by atoms with E-state index >= 15 is 0 Å². The zero-order valence-corrected chi connectivity index (χ0v) is 12.7. The van der Waals surface area contributed by atoms with Gasteiger partial charge in [-0.05, 0) is 44.9 Å². The van der Waals surface area contributed by atoms with Crippen LogP contribution in [0.3, 0.4) is 0 Å². The van der Waals surface area contributed by atoms with Crippen LogP contribution >= 0.6 is 15.9 Å². The maximum Gasteiger partial charge on any atom is 0.134 e. The van der Waals surface area contributed by atoms with Crippen LogP contribution in [0.4, 0.5) is 10.1 Å². The Kier molecular flexibility index (Phi) is 3.80. The molecule has 0 aliphatic rings. The highest BCUT2D eigenvalue weighted by Crippen LogP contribution is 2.33. The molecule has 4 heteroatoms. The fraction of sp³-hybridized carbons (Fsp3) is 0.0588. The molecule has 106 valence electrons. The normalized spacial score (nSPS) is 10.8. The summed E-state index contributed by atoms with van der Waals surface area (Å²) >= 11 is 3.54. The van der Waals surface area contributed by atoms with Crippen LogP contribution in [-0.2, 0) is 6.61 Å². The van der Waals surface area contributed by atoms with Crippen molar-refractivity contribution in [3.8, 4) is 5.75 Å². The molecular weight excluding hydrogens is 333 g/mol. The third kappa shape index (κ3) is 2.72. The van der Waals surface area contributed by atoms with Gasteiger partial charge in [-0.1, -0.05) is 36.4 Å². The standard InChI is InChI=1S/C17H13BrFNO/c18-17-12-5-2-1-4-11(12)8-9-16(17)21-10-13-14(19)6-3-7-15(13)20/h1-9H,10,20H2. The number of ether oxygens (including phenoxy) is 1. The lowest BCUT2D eigenvalue weighted by atomic mass is 10.1. The molecular formula is C17H13BrFNO. The molecule has 3 rings (SSSR count). The molecule has 2 N–H and O–H groups in total. The van der Waals surface area contributed by atoms with Crippen molar-refractivity contribution in [2.24, 2.45) is 0 Å². The number of hydrogen-bond acceptors (Lipinski definition) is 2. The lowest BCUT2D eigenvalue weighted by Crippen LogP contribution is -2.03. The van der Waals surface area contributed by atoms with Crippen LogP contribution in [0.15, 0.2) is 59.1 Å². The predicted octanol–water partition coefficient (Wildman–Crippen LogP) is 4.90. The highest BCUT2D eigenvalue weighted by Gasteiger charge is 2.10. The first kappa shape index (κ1) is 13.9. The summed E-state index contributed by atoms with van der Waals surface area (Å²) in [6, 6.07) is 16.4. The van der Waals surface area contributed by atoms with Gasteiger partial charge in [0.2, 0.25) is 0 Å². The SMILES string of the molecule is Nc1cccc(F)c1COc1ccc2ccccc2c1Br. The van der Waals surface area contributed by atoms with Gasteiger partial charge in [-0.15, -0.1) is 0 Å². The zero-order chi connectivity index (χ0) is 14.8. The van der Waals surface area contributed by atoms with E-state index in [9.17, 15) is 4.39 Å². The minimum Gasteiger partial charge on any atom is -0.488 e. The predicted molar refractivity (Wildman–Crippen MR) is 86.8 cm³/mol. The molecule has 3 aromatic rings. The van der Waals surface area contributed by atoms with Crippen molar-refractivity contribution >= 4 is 32.4 Å². The summed E-state index contributed by atoms with van der Waals surface area (Å²) in [6.45, 7) is 0.0927. The van der Waals surface area contributed by atoms with E-state index < -0.39 is 0 Å². The average molecular weight is 346 g/mol. The molecule has 0 bridgehead atoms. The Labute approximate surface area is 130 Å². The van der Waals surface area contributed by atoms with Crippen molar-refractivity contribution in [1.29, 1.82) is 0 Å². The Morgan fingerprint density at radius 3 is 2.62 bits per heavy atom. The topological polar surface area (TPSA) is 35.2 Å². The summed E-state index contributed by atoms with van der Waals surface area (Å²) in [5, 5.41) is 2.17. The highest BCUT2D eigenvalue weighted by atomic mass is 79.9. The fourth-order valence-corrected chi connectivity index (χ4v) is 2.81. The van der Waals surface area contributed by atoms with Gasteiger partial charge in [0.15, 0.2) is 0 Å². The number of nitrogen functional groups attached to an aromatic ring is 1. The molecule has 0 aliphatic carbocycles. The van der Waals surface area contributed by atoms with Crippen LogP contribution in [0.25, 0.3) is 10.8 Å². The lowest BCUT2D eigenvalue weighted by molar-refractivity contribution is 0.299. The van der Waals surface area contributed by atoms with Crippen molar-refractivity contribution in [2.45, 2.75) is 6.61 Å². The largest absolute Gasteiger partial charge is 0.488 e. The van der Waals surface area contributed by atoms with E-state index in [4.69, 9.17) is 10.5 Å². The number of nitrogens with two attached hydrogens (primary N) is 1. The van der Waals surface area contributed by atoms with Crippen molar-refractivity contribution in [3.05, 3.63) is 70.5 Å². The van der Waals surface area contributed by atoms with Crippen molar-refractivity contribution in [2.75, 3.05) is 5.73 Å². The molecule has 0 radical (unpaired) electrons. The van der Waals surface area contributed by atoms with Gasteiger partial charge in [-0.25, -0.2) is 4.39 Å². The summed E-state index contributed by atoms with van der Waals surface area (Å²) in [6.07, 6.45) is 0. The van der Waals surface area contributed by atoms with Gasteiger partial charge >= 0.3 is 0 Å². The van der Waals surface area contributed by atoms with Crippen molar-refractivity contribution < 1.29 is 9.13 Å². The number of rotatable bonds is 3. The summed E-state index contributed by atoms with van der Waals surface area (Å²) in [5.41, 5.74) is 6.55. The zero-order valence-electron chi connectivity index (χ0n) is 11.1. The van der Waals surface area contributed by atoms with E-state index in [0.717, 1.165) is 15.2 Å². The van der Waals surface area contributed by atoms with Gasteiger partial charge in [0.25, 0.3) is 0 Å². The smallest absolute Gasteiger partial charge is 0.134 e. The Balaban J connectivity index is 1.91. The van der Waals surface area contributed by atoms with E-state index in [-0.39, 0.29) is 12.4 Å². The molecule has 0 saturated heterocycles. The maximum atomic E-state index is 13.7. The number of halogens is 2. The monoisotopic (exact) mass is 345 g/mol. The lowest BCUT2D eigenvalue weighted by Gasteiger charge is -2.12. The van der Waals surface area contributed by atoms with E-state index in [2.05, 4.69) is 15.9 Å². The van der Waals surface area contributed by atoms with Gasteiger partial charge in [0.1, 0.15) is 18.2 Å². The number of hydrogen-bond donors (Lipinski definition) is 1. The van der Waals surface area contributed by atoms with Gasteiger partial charge in [0.05, 0.1) is 4.47 Å². The van der Waals surface area contributed by atoms with Crippen LogP contribution in [0.5, 0.6) is 5.75 Å². The first-order valence-corrected chi connectivity index (χ1v) is 7.29. The molecule has 0 amide bonds. The third-order valence-electron chi connectivity index (χ3n) is 3.35. The fourth-order valence-electron chi connectivity index (χ4n) is 2.20. The molecule has 0 spiro atoms. The summed E-state index contributed by atoms with van der Waals surface area (Å²) in [4.78, 5) is 0.